The van der Waals surface area contributed by atoms with Gasteiger partial charge in [-0.15, -0.1) is 0 Å². The van der Waals surface area contributed by atoms with Gasteiger partial charge in [0.2, 0.25) is 5.91 Å². The van der Waals surface area contributed by atoms with Crippen LogP contribution in [-0.4, -0.2) is 62.7 Å². The van der Waals surface area contributed by atoms with Crippen LogP contribution in [0.1, 0.15) is 47.0 Å². The van der Waals surface area contributed by atoms with Crippen molar-refractivity contribution in [3.05, 3.63) is 0 Å². The molecule has 0 aliphatic heterocycles. The maximum absolute atomic E-state index is 11.8. The second-order valence-corrected chi connectivity index (χ2v) is 7.29. The molecule has 0 aromatic carbocycles. The third-order valence-electron chi connectivity index (χ3n) is 5.28. The minimum Gasteiger partial charge on any atom is -0.378 e. The number of likely N-dealkylation sites (N-methyl/N-ethyl adjacent to an activating group) is 1. The second-order valence-electron chi connectivity index (χ2n) is 7.29. The van der Waals surface area contributed by atoms with E-state index < -0.39 is 0 Å². The molecule has 0 spiro atoms. The lowest BCUT2D eigenvalue weighted by Crippen LogP contribution is -2.69. The monoisotopic (exact) mass is 326 g/mol. The van der Waals surface area contributed by atoms with E-state index in [9.17, 15) is 4.79 Å². The molecule has 0 aromatic heterocycles. The smallest absolute Gasteiger partial charge is 0.243 e. The minimum atomic E-state index is -0.126. The first kappa shape index (κ1) is 19.7. The largest absolute Gasteiger partial charge is 0.378 e. The number of ether oxygens (including phenoxy) is 1. The van der Waals surface area contributed by atoms with Crippen molar-refractivity contribution < 1.29 is 9.53 Å². The third-order valence-corrected chi connectivity index (χ3v) is 5.28. The number of methoxy groups -OCH3 is 1. The summed E-state index contributed by atoms with van der Waals surface area (Å²) in [5, 5.41) is 6.80. The molecule has 6 heteroatoms. The Morgan fingerprint density at radius 2 is 2.00 bits per heavy atom. The number of aliphatic imine (C=N–C) groups is 1. The van der Waals surface area contributed by atoms with Gasteiger partial charge in [0.1, 0.15) is 6.54 Å². The predicted molar refractivity (Wildman–Crippen MR) is 94.6 cm³/mol. The summed E-state index contributed by atoms with van der Waals surface area (Å²) in [7, 11) is 5.26. The molecule has 0 bridgehead atoms. The van der Waals surface area contributed by atoms with Gasteiger partial charge in [-0.1, -0.05) is 27.2 Å². The van der Waals surface area contributed by atoms with Crippen LogP contribution in [0.15, 0.2) is 4.99 Å². The van der Waals surface area contributed by atoms with E-state index in [0.29, 0.717) is 5.96 Å². The van der Waals surface area contributed by atoms with E-state index in [1.165, 1.54) is 0 Å². The number of nitrogens with zero attached hydrogens (tertiary/aromatic N) is 2. The van der Waals surface area contributed by atoms with Gasteiger partial charge in [0.05, 0.1) is 5.60 Å². The predicted octanol–water partition coefficient (Wildman–Crippen LogP) is 1.61. The number of hydrogen-bond donors (Lipinski definition) is 2. The lowest BCUT2D eigenvalue weighted by molar-refractivity contribution is -0.176. The number of carbonyl (C=O) groups excluding carboxylic acids is 1. The molecular weight excluding hydrogens is 292 g/mol. The standard InChI is InChI=1S/C17H34N4O2/c1-8-9-10-18-15(19-12-14(22)21(5)6)20-13-11-17(4,23-7)16(13,2)3/h13H,8-12H2,1-7H3,(H2,18,19,20). The number of unbranched alkanes of at least 4 members (excludes halogenated alkanes) is 1. The van der Waals surface area contributed by atoms with Crippen LogP contribution in [0, 0.1) is 5.41 Å². The Kier molecular flexibility index (Phi) is 6.86. The van der Waals surface area contributed by atoms with E-state index in [0.717, 1.165) is 25.8 Å². The molecule has 0 aromatic rings. The highest BCUT2D eigenvalue weighted by atomic mass is 16.5. The molecule has 1 amide bonds. The van der Waals surface area contributed by atoms with Crippen LogP contribution in [0.25, 0.3) is 0 Å². The molecule has 6 nitrogen and oxygen atoms in total. The molecule has 1 fully saturated rings. The van der Waals surface area contributed by atoms with Crippen molar-refractivity contribution in [1.82, 2.24) is 15.5 Å². The molecule has 1 aliphatic rings. The van der Waals surface area contributed by atoms with Gasteiger partial charge in [0.15, 0.2) is 5.96 Å². The van der Waals surface area contributed by atoms with Gasteiger partial charge in [-0.2, -0.15) is 0 Å². The van der Waals surface area contributed by atoms with E-state index in [1.54, 1.807) is 26.1 Å². The van der Waals surface area contributed by atoms with Crippen LogP contribution < -0.4 is 10.6 Å². The number of rotatable bonds is 7. The first-order valence-corrected chi connectivity index (χ1v) is 8.48. The van der Waals surface area contributed by atoms with Crippen molar-refractivity contribution >= 4 is 11.9 Å². The summed E-state index contributed by atoms with van der Waals surface area (Å²) < 4.78 is 5.67. The van der Waals surface area contributed by atoms with Crippen LogP contribution >= 0.6 is 0 Å². The first-order valence-electron chi connectivity index (χ1n) is 8.48. The van der Waals surface area contributed by atoms with Gasteiger partial charge in [0.25, 0.3) is 0 Å². The minimum absolute atomic E-state index is 0.000509. The lowest BCUT2D eigenvalue weighted by atomic mass is 9.56. The van der Waals surface area contributed by atoms with Gasteiger partial charge in [-0.25, -0.2) is 4.99 Å². The van der Waals surface area contributed by atoms with Crippen LogP contribution in [0.4, 0.5) is 0 Å². The van der Waals surface area contributed by atoms with E-state index in [-0.39, 0.29) is 29.5 Å². The van der Waals surface area contributed by atoms with Crippen LogP contribution in [-0.2, 0) is 9.53 Å². The summed E-state index contributed by atoms with van der Waals surface area (Å²) >= 11 is 0. The topological polar surface area (TPSA) is 66.0 Å². The van der Waals surface area contributed by atoms with Crippen molar-refractivity contribution in [2.45, 2.75) is 58.6 Å². The summed E-state index contributed by atoms with van der Waals surface area (Å²) in [6.07, 6.45) is 3.12. The number of guanidine groups is 1. The summed E-state index contributed by atoms with van der Waals surface area (Å²) in [5.74, 6) is 0.709. The van der Waals surface area contributed by atoms with Gasteiger partial charge in [-0.3, -0.25) is 4.79 Å². The normalized spacial score (nSPS) is 26.4. The molecule has 23 heavy (non-hydrogen) atoms. The Hall–Kier alpha value is -1.30. The number of hydrogen-bond acceptors (Lipinski definition) is 3. The number of amides is 1. The molecule has 134 valence electrons. The van der Waals surface area contributed by atoms with E-state index in [4.69, 9.17) is 4.74 Å². The maximum Gasteiger partial charge on any atom is 0.243 e. The van der Waals surface area contributed by atoms with Crippen LogP contribution in [0.5, 0.6) is 0 Å². The van der Waals surface area contributed by atoms with Crippen molar-refractivity contribution in [1.29, 1.82) is 0 Å². The summed E-state index contributed by atoms with van der Waals surface area (Å²) in [4.78, 5) is 17.8. The van der Waals surface area contributed by atoms with Crippen LogP contribution in [0.3, 0.4) is 0 Å². The maximum atomic E-state index is 11.8. The van der Waals surface area contributed by atoms with Gasteiger partial charge in [0, 0.05) is 39.2 Å². The summed E-state index contributed by atoms with van der Waals surface area (Å²) in [6, 6.07) is 0.273. The molecule has 2 atom stereocenters. The number of nitrogens with one attached hydrogen (secondary N) is 2. The molecule has 2 unspecified atom stereocenters. The Morgan fingerprint density at radius 3 is 2.48 bits per heavy atom. The fourth-order valence-electron chi connectivity index (χ4n) is 2.71. The highest BCUT2D eigenvalue weighted by molar-refractivity contribution is 5.85. The lowest BCUT2D eigenvalue weighted by Gasteiger charge is -2.59. The fraction of sp³-hybridized carbons (Fsp3) is 0.882. The summed E-state index contributed by atoms with van der Waals surface area (Å²) in [5.41, 5.74) is -0.126. The third kappa shape index (κ3) is 4.59. The quantitative estimate of drug-likeness (QED) is 0.424. The van der Waals surface area contributed by atoms with Crippen molar-refractivity contribution in [2.24, 2.45) is 10.4 Å². The van der Waals surface area contributed by atoms with Crippen molar-refractivity contribution in [3.63, 3.8) is 0 Å². The van der Waals surface area contributed by atoms with E-state index in [1.807, 2.05) is 0 Å². The molecule has 1 rings (SSSR count). The van der Waals surface area contributed by atoms with E-state index >= 15 is 0 Å². The van der Waals surface area contributed by atoms with Crippen molar-refractivity contribution in [3.8, 4) is 0 Å². The molecule has 0 saturated heterocycles. The Bertz CT molecular complexity index is 434. The zero-order chi connectivity index (χ0) is 17.7. The fourth-order valence-corrected chi connectivity index (χ4v) is 2.71. The van der Waals surface area contributed by atoms with Crippen LogP contribution in [0.2, 0.25) is 0 Å². The van der Waals surface area contributed by atoms with Gasteiger partial charge < -0.3 is 20.3 Å². The Labute approximate surface area is 141 Å². The number of carbonyl (C=O) groups is 1. The average molecular weight is 326 g/mol. The molecule has 2 N–H and O–H groups in total. The molecule has 0 radical (unpaired) electrons. The second kappa shape index (κ2) is 7.99. The highest BCUT2D eigenvalue weighted by Gasteiger charge is 2.58. The van der Waals surface area contributed by atoms with Gasteiger partial charge in [-0.05, 0) is 19.8 Å². The molecular formula is C17H34N4O2. The SMILES string of the molecule is CCCCNC(=NCC(=O)N(C)C)NC1CC(C)(OC)C1(C)C. The Morgan fingerprint density at radius 1 is 1.35 bits per heavy atom. The summed E-state index contributed by atoms with van der Waals surface area (Å²) in [6.45, 7) is 9.71. The molecule has 0 heterocycles. The zero-order valence-corrected chi connectivity index (χ0v) is 15.8. The van der Waals surface area contributed by atoms with Gasteiger partial charge >= 0.3 is 0 Å². The molecule has 1 saturated carbocycles. The molecule has 1 aliphatic carbocycles. The zero-order valence-electron chi connectivity index (χ0n) is 15.8. The highest BCUT2D eigenvalue weighted by Crippen LogP contribution is 2.51. The average Bonchev–Trinajstić information content (AvgIpc) is 2.50. The first-order chi connectivity index (χ1) is 10.7. The van der Waals surface area contributed by atoms with Crippen molar-refractivity contribution in [2.75, 3.05) is 34.3 Å². The van der Waals surface area contributed by atoms with E-state index in [2.05, 4.69) is 43.3 Å². The Balaban J connectivity index is 2.70.